The molecule has 3 aliphatic rings. The van der Waals surface area contributed by atoms with E-state index in [1.165, 1.54) is 5.01 Å². The summed E-state index contributed by atoms with van der Waals surface area (Å²) in [6, 6.07) is 6.28. The number of amidine groups is 1. The zero-order valence-corrected chi connectivity index (χ0v) is 24.0. The highest BCUT2D eigenvalue weighted by atomic mass is 35.5. The van der Waals surface area contributed by atoms with Crippen molar-refractivity contribution >= 4 is 35.2 Å². The standard InChI is InChI=1S/C24H34ClN13O5/c25-19-21(34-36-27)30-20(33-35-26)18(29-19)22(41)31-23-32-24(13-38(23)28)7-9-37(10-8-24)17(40)6-3-15-1-4-16(5-2-15)43-14-42-12-11-39/h1-2,4-5,18,29,39H,3,6-14,28H2,(H2,27,34)(H2,26,30,33)(H,31,32,41). The highest BCUT2D eigenvalue weighted by Crippen LogP contribution is 2.31. The summed E-state index contributed by atoms with van der Waals surface area (Å²) in [5.74, 6) is 16.4. The van der Waals surface area contributed by atoms with E-state index in [0.29, 0.717) is 51.1 Å². The number of ether oxygens (including phenoxy) is 2. The van der Waals surface area contributed by atoms with Gasteiger partial charge in [0.25, 0.3) is 5.91 Å². The monoisotopic (exact) mass is 619 g/mol. The molecule has 1 aromatic rings. The molecule has 43 heavy (non-hydrogen) atoms. The van der Waals surface area contributed by atoms with Crippen LogP contribution in [0.2, 0.25) is 0 Å². The highest BCUT2D eigenvalue weighted by molar-refractivity contribution is 6.30. The van der Waals surface area contributed by atoms with E-state index in [-0.39, 0.29) is 48.7 Å². The number of benzene rings is 1. The minimum atomic E-state index is -1.17. The number of carbonyl (C=O) groups excluding carboxylic acids is 2. The fourth-order valence-electron chi connectivity index (χ4n) is 4.76. The lowest BCUT2D eigenvalue weighted by Gasteiger charge is -2.37. The molecule has 3 heterocycles. The van der Waals surface area contributed by atoms with Crippen LogP contribution in [0.15, 0.2) is 65.9 Å². The van der Waals surface area contributed by atoms with Crippen LogP contribution < -0.4 is 32.9 Å². The van der Waals surface area contributed by atoms with Crippen molar-refractivity contribution in [2.24, 2.45) is 48.2 Å². The first-order valence-electron chi connectivity index (χ1n) is 13.4. The Morgan fingerprint density at radius 1 is 1.19 bits per heavy atom. The molecular weight excluding hydrogens is 586 g/mol. The van der Waals surface area contributed by atoms with Gasteiger partial charge < -0.3 is 36.5 Å². The third-order valence-corrected chi connectivity index (χ3v) is 7.26. The maximum Gasteiger partial charge on any atom is 0.257 e. The number of rotatable bonds is 10. The molecule has 232 valence electrons. The zero-order valence-electron chi connectivity index (χ0n) is 23.2. The van der Waals surface area contributed by atoms with Crippen LogP contribution in [0, 0.1) is 0 Å². The van der Waals surface area contributed by atoms with Gasteiger partial charge in [0.1, 0.15) is 5.75 Å². The fourth-order valence-corrected chi connectivity index (χ4v) is 4.95. The average Bonchev–Trinajstić information content (AvgIpc) is 3.30. The summed E-state index contributed by atoms with van der Waals surface area (Å²) in [5.41, 5.74) is 0.459. The molecule has 4 rings (SSSR count). The second kappa shape index (κ2) is 14.7. The van der Waals surface area contributed by atoms with Gasteiger partial charge in [-0.2, -0.15) is 0 Å². The van der Waals surface area contributed by atoms with E-state index >= 15 is 0 Å². The van der Waals surface area contributed by atoms with E-state index in [0.717, 1.165) is 5.56 Å². The first-order chi connectivity index (χ1) is 20.8. The maximum absolute atomic E-state index is 13.1. The van der Waals surface area contributed by atoms with E-state index in [4.69, 9.17) is 48.7 Å². The molecule has 18 nitrogen and oxygen atoms in total. The summed E-state index contributed by atoms with van der Waals surface area (Å²) in [4.78, 5) is 36.6. The van der Waals surface area contributed by atoms with E-state index in [2.05, 4.69) is 36.3 Å². The van der Waals surface area contributed by atoms with Crippen LogP contribution in [0.4, 0.5) is 0 Å². The molecule has 1 unspecified atom stereocenters. The van der Waals surface area contributed by atoms with Gasteiger partial charge in [0, 0.05) is 19.5 Å². The molecule has 0 aromatic heterocycles. The summed E-state index contributed by atoms with van der Waals surface area (Å²) in [5, 5.41) is 28.9. The summed E-state index contributed by atoms with van der Waals surface area (Å²) >= 11 is 6.11. The van der Waals surface area contributed by atoms with Crippen molar-refractivity contribution in [2.75, 3.05) is 39.6 Å². The van der Waals surface area contributed by atoms with Gasteiger partial charge in [-0.25, -0.2) is 15.8 Å². The molecule has 3 aliphatic heterocycles. The Kier molecular flexibility index (Phi) is 10.8. The predicted molar refractivity (Wildman–Crippen MR) is 154 cm³/mol. The summed E-state index contributed by atoms with van der Waals surface area (Å²) in [6.45, 7) is 1.59. The number of amides is 2. The smallest absolute Gasteiger partial charge is 0.257 e. The molecule has 1 aromatic carbocycles. The number of nitrogens with one attached hydrogen (secondary N) is 2. The maximum atomic E-state index is 13.1. The minimum absolute atomic E-state index is 0.0513. The van der Waals surface area contributed by atoms with Gasteiger partial charge in [0.2, 0.25) is 17.7 Å². The number of hydrogen-bond acceptors (Lipinski definition) is 14. The van der Waals surface area contributed by atoms with E-state index < -0.39 is 17.5 Å². The van der Waals surface area contributed by atoms with Crippen LogP contribution in [0.25, 0.3) is 0 Å². The molecule has 1 atom stereocenters. The number of hydrogen-bond donors (Lipinski definition) is 6. The molecule has 0 radical (unpaired) electrons. The SMILES string of the molecule is NN=NC1=NC(N=NN)=C(Cl)NC1C(=O)NC1=NC2(CCN(C(=O)CCc3ccc(OCOCCO)cc3)CC2)CN1N. The normalized spacial score (nSPS) is 20.0. The van der Waals surface area contributed by atoms with Crippen LogP contribution >= 0.6 is 11.6 Å². The van der Waals surface area contributed by atoms with Crippen molar-refractivity contribution in [1.29, 1.82) is 0 Å². The molecule has 19 heteroatoms. The van der Waals surface area contributed by atoms with Crippen molar-refractivity contribution in [3.63, 3.8) is 0 Å². The average molecular weight is 620 g/mol. The van der Waals surface area contributed by atoms with Crippen LogP contribution in [0.3, 0.4) is 0 Å². The molecule has 1 fully saturated rings. The number of carbonyl (C=O) groups is 2. The van der Waals surface area contributed by atoms with Crippen LogP contribution in [-0.4, -0.2) is 89.8 Å². The van der Waals surface area contributed by atoms with E-state index in [9.17, 15) is 9.59 Å². The highest BCUT2D eigenvalue weighted by Gasteiger charge is 2.43. The number of halogens is 1. The molecule has 0 bridgehead atoms. The number of aliphatic imine (C=N–C) groups is 2. The number of aryl methyl sites for hydroxylation is 1. The largest absolute Gasteiger partial charge is 0.468 e. The summed E-state index contributed by atoms with van der Waals surface area (Å²) < 4.78 is 10.5. The summed E-state index contributed by atoms with van der Waals surface area (Å²) in [7, 11) is 0. The Labute approximate surface area is 251 Å². The Morgan fingerprint density at radius 2 is 1.91 bits per heavy atom. The first-order valence-corrected chi connectivity index (χ1v) is 13.7. The minimum Gasteiger partial charge on any atom is -0.468 e. The summed E-state index contributed by atoms with van der Waals surface area (Å²) in [6.07, 6.45) is 2.11. The Balaban J connectivity index is 1.28. The van der Waals surface area contributed by atoms with Gasteiger partial charge >= 0.3 is 0 Å². The number of guanidine groups is 1. The van der Waals surface area contributed by atoms with Crippen molar-refractivity contribution in [2.45, 2.75) is 37.3 Å². The van der Waals surface area contributed by atoms with Crippen molar-refractivity contribution in [3.8, 4) is 5.75 Å². The second-order valence-corrected chi connectivity index (χ2v) is 10.2. The number of likely N-dealkylation sites (tertiary alicyclic amines) is 1. The van der Waals surface area contributed by atoms with Crippen molar-refractivity contribution in [3.05, 3.63) is 40.8 Å². The number of nitrogens with zero attached hydrogens (tertiary/aromatic N) is 8. The fraction of sp³-hybridized carbons (Fsp3) is 0.500. The Hall–Kier alpha value is -4.39. The quantitative estimate of drug-likeness (QED) is 0.0482. The second-order valence-electron chi connectivity index (χ2n) is 9.81. The number of aliphatic hydroxyl groups is 1. The Morgan fingerprint density at radius 3 is 2.58 bits per heavy atom. The van der Waals surface area contributed by atoms with Gasteiger partial charge in [0.05, 0.1) is 25.3 Å². The predicted octanol–water partition coefficient (Wildman–Crippen LogP) is -0.625. The molecular formula is C24H34ClN13O5. The van der Waals surface area contributed by atoms with Gasteiger partial charge in [-0.3, -0.25) is 19.9 Å². The number of aliphatic hydroxyl groups excluding tert-OH is 1. The number of hydrazine groups is 1. The molecule has 0 saturated carbocycles. The van der Waals surface area contributed by atoms with Gasteiger partial charge in [0.15, 0.2) is 23.8 Å². The molecule has 9 N–H and O–H groups in total. The lowest BCUT2D eigenvalue weighted by Crippen LogP contribution is -2.55. The van der Waals surface area contributed by atoms with E-state index in [1.807, 2.05) is 29.2 Å². The molecule has 2 amide bonds. The number of nitrogens with two attached hydrogens (primary N) is 3. The zero-order chi connectivity index (χ0) is 30.8. The van der Waals surface area contributed by atoms with Crippen LogP contribution in [0.5, 0.6) is 5.75 Å². The van der Waals surface area contributed by atoms with Gasteiger partial charge in [-0.05, 0) is 37.0 Å². The third-order valence-electron chi connectivity index (χ3n) is 6.98. The van der Waals surface area contributed by atoms with E-state index in [1.54, 1.807) is 0 Å². The first kappa shape index (κ1) is 31.5. The molecule has 1 spiro atoms. The van der Waals surface area contributed by atoms with Gasteiger partial charge in [-0.1, -0.05) is 34.2 Å². The molecule has 0 aliphatic carbocycles. The number of piperidine rings is 1. The Bertz CT molecular complexity index is 1310. The lowest BCUT2D eigenvalue weighted by molar-refractivity contribution is -0.132. The lowest BCUT2D eigenvalue weighted by atomic mass is 9.88. The van der Waals surface area contributed by atoms with Crippen molar-refractivity contribution < 1.29 is 24.2 Å². The van der Waals surface area contributed by atoms with Crippen molar-refractivity contribution in [1.82, 2.24) is 20.5 Å². The third kappa shape index (κ3) is 8.13. The van der Waals surface area contributed by atoms with Crippen LogP contribution in [-0.2, 0) is 20.7 Å². The van der Waals surface area contributed by atoms with Gasteiger partial charge in [-0.15, -0.1) is 10.2 Å². The van der Waals surface area contributed by atoms with Crippen LogP contribution in [0.1, 0.15) is 24.8 Å². The molecule has 1 saturated heterocycles. The topological polar surface area (TPSA) is 256 Å².